The van der Waals surface area contributed by atoms with Crippen molar-refractivity contribution in [1.82, 2.24) is 9.80 Å². The predicted octanol–water partition coefficient (Wildman–Crippen LogP) is 3.23. The second-order valence-corrected chi connectivity index (χ2v) is 7.94. The second kappa shape index (κ2) is 7.36. The fourth-order valence-electron chi connectivity index (χ4n) is 5.07. The van der Waals surface area contributed by atoms with Gasteiger partial charge in [-0.25, -0.2) is 0 Å². The topological polar surface area (TPSA) is 32.8 Å². The molecule has 2 unspecified atom stereocenters. The van der Waals surface area contributed by atoms with E-state index in [0.717, 1.165) is 37.7 Å². The van der Waals surface area contributed by atoms with E-state index in [1.54, 1.807) is 7.11 Å². The van der Waals surface area contributed by atoms with E-state index in [0.29, 0.717) is 18.5 Å². The Bertz CT molecular complexity index is 628. The number of methoxy groups -OCH3 is 1. The number of likely N-dealkylation sites (tertiary alicyclic amines) is 1. The summed E-state index contributed by atoms with van der Waals surface area (Å²) >= 11 is 0. The van der Waals surface area contributed by atoms with Crippen molar-refractivity contribution in [3.63, 3.8) is 0 Å². The number of carbonyl (C=O) groups excluding carboxylic acids is 1. The minimum absolute atomic E-state index is 0.350. The molecule has 1 saturated carbocycles. The quantitative estimate of drug-likeness (QED) is 0.845. The molecule has 0 spiro atoms. The van der Waals surface area contributed by atoms with Crippen LogP contribution in [0.25, 0.3) is 0 Å². The average Bonchev–Trinajstić information content (AvgIpc) is 2.66. The Morgan fingerprint density at radius 1 is 1.12 bits per heavy atom. The average molecular weight is 342 g/mol. The Balaban J connectivity index is 1.40. The fraction of sp³-hybridized carbons (Fsp3) is 0.667. The number of carbonyl (C=O) groups is 1. The van der Waals surface area contributed by atoms with E-state index < -0.39 is 0 Å². The van der Waals surface area contributed by atoms with Gasteiger partial charge in [-0.2, -0.15) is 0 Å². The molecule has 0 N–H and O–H groups in total. The van der Waals surface area contributed by atoms with Crippen molar-refractivity contribution in [1.29, 1.82) is 0 Å². The molecule has 25 heavy (non-hydrogen) atoms. The van der Waals surface area contributed by atoms with Gasteiger partial charge in [-0.3, -0.25) is 9.69 Å². The molecule has 0 radical (unpaired) electrons. The van der Waals surface area contributed by atoms with Crippen LogP contribution >= 0.6 is 0 Å². The number of nitrogens with zero attached hydrogens (tertiary/aromatic N) is 2. The van der Waals surface area contributed by atoms with Crippen molar-refractivity contribution in [3.05, 3.63) is 29.3 Å². The Morgan fingerprint density at radius 3 is 2.84 bits per heavy atom. The zero-order chi connectivity index (χ0) is 17.2. The smallest absolute Gasteiger partial charge is 0.237 e. The highest BCUT2D eigenvalue weighted by Crippen LogP contribution is 2.35. The molecular formula is C21H30N2O2. The summed E-state index contributed by atoms with van der Waals surface area (Å²) < 4.78 is 5.36. The number of rotatable bonds is 3. The molecule has 4 rings (SSSR count). The van der Waals surface area contributed by atoms with Crippen molar-refractivity contribution in [2.75, 3.05) is 26.7 Å². The number of ether oxygens (including phenoxy) is 1. The molecule has 1 amide bonds. The number of hydrogen-bond donors (Lipinski definition) is 0. The summed E-state index contributed by atoms with van der Waals surface area (Å²) in [4.78, 5) is 17.6. The first-order valence-corrected chi connectivity index (χ1v) is 9.92. The molecule has 0 bridgehead atoms. The van der Waals surface area contributed by atoms with Gasteiger partial charge in [0.2, 0.25) is 5.91 Å². The van der Waals surface area contributed by atoms with Crippen molar-refractivity contribution in [2.24, 2.45) is 5.92 Å². The van der Waals surface area contributed by atoms with Crippen LogP contribution in [-0.2, 0) is 17.8 Å². The van der Waals surface area contributed by atoms with Gasteiger partial charge in [0.1, 0.15) is 5.75 Å². The molecule has 4 heteroatoms. The lowest BCUT2D eigenvalue weighted by Gasteiger charge is -2.45. The Hall–Kier alpha value is -1.55. The van der Waals surface area contributed by atoms with Crippen LogP contribution in [0, 0.1) is 5.92 Å². The molecular weight excluding hydrogens is 312 g/mol. The number of fused-ring (bicyclic) bond motifs is 2. The highest BCUT2D eigenvalue weighted by Gasteiger charge is 2.36. The molecule has 1 aliphatic carbocycles. The monoisotopic (exact) mass is 342 g/mol. The molecule has 2 atom stereocenters. The van der Waals surface area contributed by atoms with Crippen molar-refractivity contribution < 1.29 is 9.53 Å². The highest BCUT2D eigenvalue weighted by atomic mass is 16.5. The maximum atomic E-state index is 13.0. The van der Waals surface area contributed by atoms with Crippen LogP contribution in [0.4, 0.5) is 0 Å². The highest BCUT2D eigenvalue weighted by molar-refractivity contribution is 5.78. The molecule has 1 saturated heterocycles. The van der Waals surface area contributed by atoms with Crippen LogP contribution in [0.5, 0.6) is 5.75 Å². The largest absolute Gasteiger partial charge is 0.497 e. The molecule has 4 nitrogen and oxygen atoms in total. The third-order valence-electron chi connectivity index (χ3n) is 6.43. The summed E-state index contributed by atoms with van der Waals surface area (Å²) in [5.74, 6) is 2.02. The second-order valence-electron chi connectivity index (χ2n) is 7.94. The van der Waals surface area contributed by atoms with E-state index in [1.807, 2.05) is 6.07 Å². The van der Waals surface area contributed by atoms with Gasteiger partial charge in [0.25, 0.3) is 0 Å². The molecule has 3 aliphatic rings. The van der Waals surface area contributed by atoms with E-state index in [2.05, 4.69) is 21.9 Å². The molecule has 1 aromatic carbocycles. The maximum Gasteiger partial charge on any atom is 0.237 e. The lowest BCUT2D eigenvalue weighted by molar-refractivity contribution is -0.139. The van der Waals surface area contributed by atoms with Crippen LogP contribution in [-0.4, -0.2) is 48.5 Å². The molecule has 1 aromatic rings. The summed E-state index contributed by atoms with van der Waals surface area (Å²) in [6.07, 6.45) is 8.73. The molecule has 2 fully saturated rings. The maximum absolute atomic E-state index is 13.0. The van der Waals surface area contributed by atoms with E-state index >= 15 is 0 Å². The Labute approximate surface area is 151 Å². The zero-order valence-corrected chi connectivity index (χ0v) is 15.4. The van der Waals surface area contributed by atoms with Gasteiger partial charge in [-0.1, -0.05) is 18.9 Å². The van der Waals surface area contributed by atoms with Gasteiger partial charge in [-0.15, -0.1) is 0 Å². The summed E-state index contributed by atoms with van der Waals surface area (Å²) in [6.45, 7) is 3.38. The van der Waals surface area contributed by atoms with Crippen LogP contribution in [0.3, 0.4) is 0 Å². The lowest BCUT2D eigenvalue weighted by Crippen LogP contribution is -2.52. The van der Waals surface area contributed by atoms with E-state index in [-0.39, 0.29) is 0 Å². The Morgan fingerprint density at radius 2 is 1.96 bits per heavy atom. The first kappa shape index (κ1) is 16.9. The first-order valence-electron chi connectivity index (χ1n) is 9.92. The normalized spacial score (nSPS) is 26.7. The van der Waals surface area contributed by atoms with Gasteiger partial charge >= 0.3 is 0 Å². The number of amides is 1. The lowest BCUT2D eigenvalue weighted by atomic mass is 9.78. The van der Waals surface area contributed by atoms with Crippen LogP contribution in [0.1, 0.15) is 49.7 Å². The summed E-state index contributed by atoms with van der Waals surface area (Å²) in [5, 5.41) is 0. The van der Waals surface area contributed by atoms with Gasteiger partial charge in [0, 0.05) is 25.7 Å². The fourth-order valence-corrected chi connectivity index (χ4v) is 5.07. The van der Waals surface area contributed by atoms with E-state index in [9.17, 15) is 4.79 Å². The van der Waals surface area contributed by atoms with Crippen molar-refractivity contribution in [2.45, 2.75) is 57.5 Å². The van der Waals surface area contributed by atoms with E-state index in [4.69, 9.17) is 4.74 Å². The van der Waals surface area contributed by atoms with Crippen LogP contribution < -0.4 is 4.74 Å². The predicted molar refractivity (Wildman–Crippen MR) is 98.7 cm³/mol. The molecule has 136 valence electrons. The van der Waals surface area contributed by atoms with Gasteiger partial charge in [0.15, 0.2) is 0 Å². The van der Waals surface area contributed by atoms with Gasteiger partial charge in [-0.05, 0) is 61.3 Å². The number of benzene rings is 1. The molecule has 0 aromatic heterocycles. The number of piperidine rings is 1. The first-order chi connectivity index (χ1) is 12.2. The number of hydrogen-bond acceptors (Lipinski definition) is 3. The molecule has 2 heterocycles. The standard InChI is InChI=1S/C21H30N2O2/c1-25-19-9-8-16-10-12-22(14-18(16)13-19)15-21(24)23-11-4-6-17-5-2-3-7-20(17)23/h8-9,13,17,20H,2-7,10-12,14-15H2,1H3. The molecule has 2 aliphatic heterocycles. The summed E-state index contributed by atoms with van der Waals surface area (Å²) in [5.41, 5.74) is 2.71. The SMILES string of the molecule is COc1ccc2c(c1)CN(CC(=O)N1CCCC3CCCCC31)CC2. The summed E-state index contributed by atoms with van der Waals surface area (Å²) in [6, 6.07) is 6.86. The third kappa shape index (κ3) is 3.55. The van der Waals surface area contributed by atoms with Crippen LogP contribution in [0.15, 0.2) is 18.2 Å². The van der Waals surface area contributed by atoms with E-state index in [1.165, 1.54) is 49.7 Å². The van der Waals surface area contributed by atoms with Crippen molar-refractivity contribution >= 4 is 5.91 Å². The van der Waals surface area contributed by atoms with Gasteiger partial charge in [0.05, 0.1) is 13.7 Å². The zero-order valence-electron chi connectivity index (χ0n) is 15.4. The van der Waals surface area contributed by atoms with Crippen LogP contribution in [0.2, 0.25) is 0 Å². The minimum atomic E-state index is 0.350. The minimum Gasteiger partial charge on any atom is -0.497 e. The Kier molecular flexibility index (Phi) is 4.98. The summed E-state index contributed by atoms with van der Waals surface area (Å²) in [7, 11) is 1.71. The van der Waals surface area contributed by atoms with Crippen molar-refractivity contribution in [3.8, 4) is 5.75 Å². The third-order valence-corrected chi connectivity index (χ3v) is 6.43. The van der Waals surface area contributed by atoms with Gasteiger partial charge < -0.3 is 9.64 Å².